The molecule has 0 aliphatic carbocycles. The Bertz CT molecular complexity index is 306. The first-order valence-electron chi connectivity index (χ1n) is 7.85. The summed E-state index contributed by atoms with van der Waals surface area (Å²) < 4.78 is 0. The number of hydrogen-bond donors (Lipinski definition) is 2. The normalized spacial score (nSPS) is 10.8. The quantitative estimate of drug-likeness (QED) is 0.598. The second-order valence-electron chi connectivity index (χ2n) is 5.30. The minimum atomic E-state index is 0.732. The lowest BCUT2D eigenvalue weighted by Crippen LogP contribution is -2.14. The van der Waals surface area contributed by atoms with Crippen molar-refractivity contribution in [2.75, 3.05) is 13.1 Å². The number of nitrogens with two attached hydrogens (primary N) is 1. The summed E-state index contributed by atoms with van der Waals surface area (Å²) in [6.07, 6.45) is 9.16. The van der Waals surface area contributed by atoms with Crippen molar-refractivity contribution in [1.82, 2.24) is 5.32 Å². The molecule has 0 saturated carbocycles. The van der Waals surface area contributed by atoms with Gasteiger partial charge in [-0.1, -0.05) is 63.3 Å². The van der Waals surface area contributed by atoms with E-state index in [4.69, 9.17) is 5.73 Å². The maximum Gasteiger partial charge on any atom is 0.0205 e. The highest BCUT2D eigenvalue weighted by molar-refractivity contribution is 5.22. The summed E-state index contributed by atoms with van der Waals surface area (Å²) in [5, 5.41) is 3.52. The minimum Gasteiger partial charge on any atom is -0.330 e. The highest BCUT2D eigenvalue weighted by Crippen LogP contribution is 2.06. The van der Waals surface area contributed by atoms with Gasteiger partial charge in [0.2, 0.25) is 0 Å². The van der Waals surface area contributed by atoms with E-state index in [-0.39, 0.29) is 0 Å². The first-order chi connectivity index (χ1) is 9.36. The van der Waals surface area contributed by atoms with Gasteiger partial charge in [0, 0.05) is 6.54 Å². The van der Waals surface area contributed by atoms with E-state index in [0.717, 1.165) is 26.1 Å². The fourth-order valence-electron chi connectivity index (χ4n) is 2.25. The molecule has 0 atom stereocenters. The minimum absolute atomic E-state index is 0.732. The molecule has 1 rings (SSSR count). The molecule has 0 fully saturated rings. The van der Waals surface area contributed by atoms with Crippen molar-refractivity contribution in [2.45, 2.75) is 58.4 Å². The van der Waals surface area contributed by atoms with Crippen LogP contribution in [0.5, 0.6) is 0 Å². The topological polar surface area (TPSA) is 38.0 Å². The molecule has 0 aliphatic heterocycles. The van der Waals surface area contributed by atoms with E-state index < -0.39 is 0 Å². The van der Waals surface area contributed by atoms with Crippen LogP contribution >= 0.6 is 0 Å². The van der Waals surface area contributed by atoms with Gasteiger partial charge >= 0.3 is 0 Å². The van der Waals surface area contributed by atoms with Crippen molar-refractivity contribution in [3.63, 3.8) is 0 Å². The van der Waals surface area contributed by atoms with E-state index in [2.05, 4.69) is 36.5 Å². The molecule has 2 nitrogen and oxygen atoms in total. The molecule has 1 aromatic rings. The molecule has 2 heteroatoms. The zero-order valence-electron chi connectivity index (χ0n) is 12.5. The average Bonchev–Trinajstić information content (AvgIpc) is 2.44. The molecule has 0 bridgehead atoms. The molecular weight excluding hydrogens is 232 g/mol. The predicted octanol–water partition coefficient (Wildman–Crippen LogP) is 3.64. The van der Waals surface area contributed by atoms with Crippen LogP contribution in [0, 0.1) is 0 Å². The Hall–Kier alpha value is -0.860. The van der Waals surface area contributed by atoms with Crippen LogP contribution in [0.15, 0.2) is 24.3 Å². The lowest BCUT2D eigenvalue weighted by Gasteiger charge is -2.06. The molecule has 0 saturated heterocycles. The zero-order chi connectivity index (χ0) is 13.8. The van der Waals surface area contributed by atoms with Crippen LogP contribution in [-0.4, -0.2) is 13.1 Å². The lowest BCUT2D eigenvalue weighted by atomic mass is 10.1. The Morgan fingerprint density at radius 3 is 2.21 bits per heavy atom. The molecular formula is C17H30N2. The van der Waals surface area contributed by atoms with Crippen LogP contribution in [0.1, 0.15) is 56.6 Å². The molecule has 0 spiro atoms. The smallest absolute Gasteiger partial charge is 0.0205 e. The van der Waals surface area contributed by atoms with Crippen molar-refractivity contribution < 1.29 is 0 Å². The SMILES string of the molecule is CCCCCCCCNCc1ccc(CCN)cc1. The summed E-state index contributed by atoms with van der Waals surface area (Å²) >= 11 is 0. The Morgan fingerprint density at radius 1 is 0.895 bits per heavy atom. The van der Waals surface area contributed by atoms with Crippen molar-refractivity contribution in [3.05, 3.63) is 35.4 Å². The van der Waals surface area contributed by atoms with Crippen molar-refractivity contribution in [3.8, 4) is 0 Å². The predicted molar refractivity (Wildman–Crippen MR) is 84.3 cm³/mol. The fraction of sp³-hybridized carbons (Fsp3) is 0.647. The Morgan fingerprint density at radius 2 is 1.53 bits per heavy atom. The second kappa shape index (κ2) is 11.0. The molecule has 0 unspecified atom stereocenters. The van der Waals surface area contributed by atoms with Gasteiger partial charge in [-0.05, 0) is 37.1 Å². The van der Waals surface area contributed by atoms with E-state index >= 15 is 0 Å². The fourth-order valence-corrected chi connectivity index (χ4v) is 2.25. The van der Waals surface area contributed by atoms with E-state index in [9.17, 15) is 0 Å². The maximum absolute atomic E-state index is 5.54. The molecule has 0 amide bonds. The molecule has 0 radical (unpaired) electrons. The van der Waals surface area contributed by atoms with Crippen molar-refractivity contribution in [2.24, 2.45) is 5.73 Å². The Kier molecular flexibility index (Phi) is 9.38. The number of rotatable bonds is 11. The lowest BCUT2D eigenvalue weighted by molar-refractivity contribution is 0.572. The summed E-state index contributed by atoms with van der Waals surface area (Å²) in [4.78, 5) is 0. The van der Waals surface area contributed by atoms with Gasteiger partial charge in [-0.2, -0.15) is 0 Å². The van der Waals surface area contributed by atoms with Gasteiger partial charge in [0.25, 0.3) is 0 Å². The van der Waals surface area contributed by atoms with Gasteiger partial charge in [-0.15, -0.1) is 0 Å². The summed E-state index contributed by atoms with van der Waals surface area (Å²) in [7, 11) is 0. The Labute approximate surface area is 118 Å². The van der Waals surface area contributed by atoms with E-state index in [1.54, 1.807) is 0 Å². The number of unbranched alkanes of at least 4 members (excludes halogenated alkanes) is 5. The zero-order valence-corrected chi connectivity index (χ0v) is 12.5. The van der Waals surface area contributed by atoms with Gasteiger partial charge in [0.05, 0.1) is 0 Å². The molecule has 1 aromatic carbocycles. The summed E-state index contributed by atoms with van der Waals surface area (Å²) in [6.45, 7) is 5.12. The van der Waals surface area contributed by atoms with Gasteiger partial charge in [0.15, 0.2) is 0 Å². The van der Waals surface area contributed by atoms with Crippen LogP contribution in [0.25, 0.3) is 0 Å². The monoisotopic (exact) mass is 262 g/mol. The number of benzene rings is 1. The molecule has 0 aliphatic rings. The summed E-state index contributed by atoms with van der Waals surface area (Å²) in [5.74, 6) is 0. The third-order valence-electron chi connectivity index (χ3n) is 3.49. The average molecular weight is 262 g/mol. The van der Waals surface area contributed by atoms with Gasteiger partial charge in [-0.25, -0.2) is 0 Å². The summed E-state index contributed by atoms with van der Waals surface area (Å²) in [6, 6.07) is 8.79. The maximum atomic E-state index is 5.54. The first kappa shape index (κ1) is 16.2. The summed E-state index contributed by atoms with van der Waals surface area (Å²) in [5.41, 5.74) is 8.25. The van der Waals surface area contributed by atoms with Crippen LogP contribution in [-0.2, 0) is 13.0 Å². The molecule has 108 valence electrons. The standard InChI is InChI=1S/C17H30N2/c1-2-3-4-5-6-7-14-19-15-17-10-8-16(9-11-17)12-13-18/h8-11,19H,2-7,12-15,18H2,1H3. The number of nitrogens with one attached hydrogen (secondary N) is 1. The van der Waals surface area contributed by atoms with E-state index in [1.165, 1.54) is 49.7 Å². The van der Waals surface area contributed by atoms with Crippen LogP contribution < -0.4 is 11.1 Å². The van der Waals surface area contributed by atoms with Gasteiger partial charge < -0.3 is 11.1 Å². The molecule has 0 heterocycles. The van der Waals surface area contributed by atoms with E-state index in [0.29, 0.717) is 0 Å². The van der Waals surface area contributed by atoms with Crippen LogP contribution in [0.3, 0.4) is 0 Å². The van der Waals surface area contributed by atoms with Crippen molar-refractivity contribution in [1.29, 1.82) is 0 Å². The van der Waals surface area contributed by atoms with E-state index in [1.807, 2.05) is 0 Å². The third-order valence-corrected chi connectivity index (χ3v) is 3.49. The molecule has 3 N–H and O–H groups in total. The number of hydrogen-bond acceptors (Lipinski definition) is 2. The van der Waals surface area contributed by atoms with Gasteiger partial charge in [0.1, 0.15) is 0 Å². The van der Waals surface area contributed by atoms with Gasteiger partial charge in [-0.3, -0.25) is 0 Å². The molecule has 0 aromatic heterocycles. The third kappa shape index (κ3) is 8.02. The first-order valence-corrected chi connectivity index (χ1v) is 7.85. The molecule has 19 heavy (non-hydrogen) atoms. The second-order valence-corrected chi connectivity index (χ2v) is 5.30. The van der Waals surface area contributed by atoms with Crippen LogP contribution in [0.2, 0.25) is 0 Å². The highest BCUT2D eigenvalue weighted by Gasteiger charge is 1.95. The largest absolute Gasteiger partial charge is 0.330 e. The van der Waals surface area contributed by atoms with Crippen molar-refractivity contribution >= 4 is 0 Å². The Balaban J connectivity index is 2.02. The van der Waals surface area contributed by atoms with Crippen LogP contribution in [0.4, 0.5) is 0 Å². The highest BCUT2D eigenvalue weighted by atomic mass is 14.8.